The summed E-state index contributed by atoms with van der Waals surface area (Å²) in [6.45, 7) is 4.93. The molecule has 0 aliphatic rings. The van der Waals surface area contributed by atoms with Crippen LogP contribution in [0.25, 0.3) is 0 Å². The molecule has 0 rings (SSSR count). The number of phosphoric acid groups is 2. The summed E-state index contributed by atoms with van der Waals surface area (Å²) in [5.74, 6) is -2.12. The second-order valence-electron chi connectivity index (χ2n) is 26.3. The summed E-state index contributed by atoms with van der Waals surface area (Å²) < 4.78 is 68.3. The minimum atomic E-state index is -4.95. The number of carbonyl (C=O) groups excluding carboxylic acids is 4. The lowest BCUT2D eigenvalue weighted by molar-refractivity contribution is -0.161. The van der Waals surface area contributed by atoms with Crippen LogP contribution in [0.3, 0.4) is 0 Å². The van der Waals surface area contributed by atoms with Crippen LogP contribution in [-0.4, -0.2) is 96.7 Å². The van der Waals surface area contributed by atoms with Crippen molar-refractivity contribution in [3.05, 3.63) is 0 Å². The third kappa shape index (κ3) is 66.7. The Bertz CT molecular complexity index is 1760. The summed E-state index contributed by atoms with van der Waals surface area (Å²) in [6, 6.07) is 0. The molecule has 0 radical (unpaired) electrons. The van der Waals surface area contributed by atoms with Crippen LogP contribution in [0.1, 0.15) is 387 Å². The molecule has 546 valence electrons. The molecule has 0 aromatic rings. The van der Waals surface area contributed by atoms with Gasteiger partial charge in [-0.3, -0.25) is 37.3 Å². The number of aliphatic hydroxyl groups is 1. The number of hydrogen-bond donors (Lipinski definition) is 3. The summed E-state index contributed by atoms with van der Waals surface area (Å²) in [6.07, 6.45) is 57.0. The lowest BCUT2D eigenvalue weighted by Gasteiger charge is -2.21. The Morgan fingerprint density at radius 3 is 0.641 bits per heavy atom. The van der Waals surface area contributed by atoms with Crippen LogP contribution in [0.2, 0.25) is 0 Å². The van der Waals surface area contributed by atoms with E-state index in [1.807, 2.05) is 0 Å². The molecule has 0 heterocycles. The van der Waals surface area contributed by atoms with E-state index < -0.39 is 97.5 Å². The molecule has 0 fully saturated rings. The molecule has 17 nitrogen and oxygen atoms in total. The number of aliphatic hydroxyl groups excluding tert-OH is 1. The zero-order chi connectivity index (χ0) is 67.5. The Morgan fingerprint density at radius 1 is 0.261 bits per heavy atom. The molecule has 0 aliphatic carbocycles. The highest BCUT2D eigenvalue weighted by Crippen LogP contribution is 2.45. The molecule has 2 unspecified atom stereocenters. The van der Waals surface area contributed by atoms with Crippen molar-refractivity contribution in [1.82, 2.24) is 0 Å². The summed E-state index contributed by atoms with van der Waals surface area (Å²) in [7, 11) is -9.90. The average Bonchev–Trinajstić information content (AvgIpc) is 2.42. The smallest absolute Gasteiger partial charge is 0.462 e. The Hall–Kier alpha value is -1.94. The maximum Gasteiger partial charge on any atom is 0.472 e. The second kappa shape index (κ2) is 67.6. The van der Waals surface area contributed by atoms with E-state index in [0.717, 1.165) is 103 Å². The van der Waals surface area contributed by atoms with Gasteiger partial charge < -0.3 is 33.8 Å². The fourth-order valence-electron chi connectivity index (χ4n) is 11.2. The molecule has 5 atom stereocenters. The summed E-state index contributed by atoms with van der Waals surface area (Å²) >= 11 is 0. The molecule has 3 N–H and O–H groups in total. The number of ether oxygens (including phenoxy) is 4. The van der Waals surface area contributed by atoms with Crippen LogP contribution >= 0.6 is 15.6 Å². The van der Waals surface area contributed by atoms with E-state index in [4.69, 9.17) is 37.0 Å². The van der Waals surface area contributed by atoms with Gasteiger partial charge in [-0.2, -0.15) is 0 Å². The van der Waals surface area contributed by atoms with Crippen molar-refractivity contribution in [3.8, 4) is 0 Å². The van der Waals surface area contributed by atoms with Gasteiger partial charge in [0.25, 0.3) is 0 Å². The second-order valence-corrected chi connectivity index (χ2v) is 29.2. The quantitative estimate of drug-likeness (QED) is 0.0222. The predicted octanol–water partition coefficient (Wildman–Crippen LogP) is 21.4. The van der Waals surface area contributed by atoms with Gasteiger partial charge in [0.05, 0.1) is 26.4 Å². The first-order valence-electron chi connectivity index (χ1n) is 38.3. The lowest BCUT2D eigenvalue weighted by atomic mass is 10.0. The molecule has 0 bridgehead atoms. The third-order valence-corrected chi connectivity index (χ3v) is 19.0. The highest BCUT2D eigenvalue weighted by atomic mass is 31.2. The average molecular weight is 1350 g/mol. The third-order valence-electron chi connectivity index (χ3n) is 17.1. The van der Waals surface area contributed by atoms with Crippen molar-refractivity contribution in [2.75, 3.05) is 39.6 Å². The first-order chi connectivity index (χ1) is 44.7. The Morgan fingerprint density at radius 2 is 0.435 bits per heavy atom. The molecule has 0 amide bonds. The van der Waals surface area contributed by atoms with Crippen molar-refractivity contribution in [2.24, 2.45) is 0 Å². The molecule has 0 spiro atoms. The molecule has 19 heteroatoms. The van der Waals surface area contributed by atoms with Crippen molar-refractivity contribution in [1.29, 1.82) is 0 Å². The van der Waals surface area contributed by atoms with E-state index in [1.54, 1.807) is 0 Å². The van der Waals surface area contributed by atoms with E-state index in [-0.39, 0.29) is 25.7 Å². The summed E-state index contributed by atoms with van der Waals surface area (Å²) in [5.41, 5.74) is 0. The topological polar surface area (TPSA) is 237 Å². The zero-order valence-electron chi connectivity index (χ0n) is 59.5. The SMILES string of the molecule is CCCCCCCCCCCCCCCCCCCCCC(=O)O[C@H](COC(=O)CCCCCCCCCCCCCCCCC)COP(=O)(O)OC[C@@H](O)COP(=O)(O)OC[C@@H](COC(=O)CCCCCCCCC)OC(=O)CCCCCCCCCCCCC. The van der Waals surface area contributed by atoms with Gasteiger partial charge in [0, 0.05) is 25.7 Å². The maximum atomic E-state index is 13.1. The monoisotopic (exact) mass is 1350 g/mol. The van der Waals surface area contributed by atoms with E-state index in [9.17, 15) is 43.2 Å². The van der Waals surface area contributed by atoms with Crippen LogP contribution in [0.15, 0.2) is 0 Å². The molecular weight excluding hydrogens is 1210 g/mol. The highest BCUT2D eigenvalue weighted by molar-refractivity contribution is 7.47. The highest BCUT2D eigenvalue weighted by Gasteiger charge is 2.30. The Kier molecular flexibility index (Phi) is 66.2. The molecule has 0 saturated heterocycles. The van der Waals surface area contributed by atoms with Crippen molar-refractivity contribution in [3.63, 3.8) is 0 Å². The lowest BCUT2D eigenvalue weighted by Crippen LogP contribution is -2.30. The number of carbonyl (C=O) groups is 4. The largest absolute Gasteiger partial charge is 0.472 e. The van der Waals surface area contributed by atoms with Crippen molar-refractivity contribution >= 4 is 39.5 Å². The van der Waals surface area contributed by atoms with Gasteiger partial charge in [-0.05, 0) is 25.7 Å². The van der Waals surface area contributed by atoms with Crippen molar-refractivity contribution < 1.29 is 80.2 Å². The fourth-order valence-corrected chi connectivity index (χ4v) is 12.8. The fraction of sp³-hybridized carbons (Fsp3) is 0.945. The molecular formula is C73H142O17P2. The number of unbranched alkanes of at least 4 members (excludes halogenated alkanes) is 48. The van der Waals surface area contributed by atoms with Gasteiger partial charge in [-0.1, -0.05) is 336 Å². The summed E-state index contributed by atoms with van der Waals surface area (Å²) in [4.78, 5) is 72.5. The number of esters is 4. The standard InChI is InChI=1S/C73H142O17P2/c1-5-9-13-17-21-24-27-29-31-32-33-34-36-38-41-44-48-52-56-60-73(78)90-69(64-84-71(76)58-54-50-46-42-40-37-35-30-28-25-22-18-14-10-6-2)66-88-92(81,82)86-62-67(74)61-85-91(79,80)87-65-68(63-83-70(75)57-53-49-45-20-16-12-8-4)89-72(77)59-55-51-47-43-39-26-23-19-15-11-7-3/h67-69,74H,5-66H2,1-4H3,(H,79,80)(H,81,82)/t67-,68+,69+/m0/s1. The predicted molar refractivity (Wildman–Crippen MR) is 372 cm³/mol. The normalized spacial score (nSPS) is 13.9. The minimum absolute atomic E-state index is 0.107. The van der Waals surface area contributed by atoms with E-state index in [1.165, 1.54) is 205 Å². The molecule has 0 aliphatic heterocycles. The van der Waals surface area contributed by atoms with Gasteiger partial charge in [0.15, 0.2) is 12.2 Å². The van der Waals surface area contributed by atoms with E-state index in [0.29, 0.717) is 25.7 Å². The minimum Gasteiger partial charge on any atom is -0.462 e. The van der Waals surface area contributed by atoms with Crippen LogP contribution in [0, 0.1) is 0 Å². The molecule has 0 saturated carbocycles. The van der Waals surface area contributed by atoms with Crippen LogP contribution in [0.4, 0.5) is 0 Å². The molecule has 0 aromatic carbocycles. The number of rotatable bonds is 74. The van der Waals surface area contributed by atoms with Gasteiger partial charge in [0.2, 0.25) is 0 Å². The first kappa shape index (κ1) is 90.1. The first-order valence-corrected chi connectivity index (χ1v) is 41.3. The van der Waals surface area contributed by atoms with Gasteiger partial charge in [-0.15, -0.1) is 0 Å². The van der Waals surface area contributed by atoms with Crippen LogP contribution in [-0.2, 0) is 65.4 Å². The van der Waals surface area contributed by atoms with E-state index in [2.05, 4.69) is 27.7 Å². The van der Waals surface area contributed by atoms with E-state index >= 15 is 0 Å². The number of hydrogen-bond acceptors (Lipinski definition) is 15. The zero-order valence-corrected chi connectivity index (χ0v) is 61.3. The van der Waals surface area contributed by atoms with Crippen LogP contribution < -0.4 is 0 Å². The maximum absolute atomic E-state index is 13.1. The number of phosphoric ester groups is 2. The summed E-state index contributed by atoms with van der Waals surface area (Å²) in [5, 5.41) is 10.6. The molecule has 92 heavy (non-hydrogen) atoms. The molecule has 0 aromatic heterocycles. The van der Waals surface area contributed by atoms with Crippen LogP contribution in [0.5, 0.6) is 0 Å². The van der Waals surface area contributed by atoms with Gasteiger partial charge in [-0.25, -0.2) is 9.13 Å². The Balaban J connectivity index is 5.18. The van der Waals surface area contributed by atoms with Gasteiger partial charge >= 0.3 is 39.5 Å². The Labute approximate surface area is 562 Å². The van der Waals surface area contributed by atoms with Crippen molar-refractivity contribution in [2.45, 2.75) is 406 Å². The van der Waals surface area contributed by atoms with Gasteiger partial charge in [0.1, 0.15) is 19.3 Å².